The Labute approximate surface area is 105 Å². The van der Waals surface area contributed by atoms with Gasteiger partial charge in [-0.2, -0.15) is 5.10 Å². The van der Waals surface area contributed by atoms with E-state index >= 15 is 0 Å². The van der Waals surface area contributed by atoms with E-state index < -0.39 is 6.09 Å². The summed E-state index contributed by atoms with van der Waals surface area (Å²) in [6.07, 6.45) is 2.45. The van der Waals surface area contributed by atoms with Crippen molar-refractivity contribution in [3.8, 4) is 0 Å². The fourth-order valence-corrected chi connectivity index (χ4v) is 1.21. The molecule has 0 aliphatic rings. The molecule has 1 heterocycles. The average molecular weight is 259 g/mol. The van der Waals surface area contributed by atoms with Crippen LogP contribution in [-0.2, 0) is 4.84 Å². The number of hydrogen-bond donors (Lipinski definition) is 1. The number of amides is 1. The summed E-state index contributed by atoms with van der Waals surface area (Å²) in [6.45, 7) is 5.78. The molecule has 1 N–H and O–H groups in total. The minimum Gasteiger partial charge on any atom is -0.323 e. The molecule has 0 aromatic carbocycles. The summed E-state index contributed by atoms with van der Waals surface area (Å²) in [5, 5.41) is 10.6. The Hall–Kier alpha value is -1.56. The molecule has 94 valence electrons. The molecule has 7 heteroatoms. The molecule has 0 unspecified atom stereocenters. The molecular weight excluding hydrogens is 244 g/mol. The van der Waals surface area contributed by atoms with Crippen LogP contribution < -0.4 is 5.32 Å². The molecule has 0 bridgehead atoms. The van der Waals surface area contributed by atoms with Crippen molar-refractivity contribution in [3.05, 3.63) is 17.4 Å². The third-order valence-corrected chi connectivity index (χ3v) is 2.05. The Morgan fingerprint density at radius 2 is 2.24 bits per heavy atom. The summed E-state index contributed by atoms with van der Waals surface area (Å²) in [5.41, 5.74) is -0.344. The van der Waals surface area contributed by atoms with Crippen LogP contribution in [0.2, 0.25) is 5.02 Å². The van der Waals surface area contributed by atoms with Crippen molar-refractivity contribution < 1.29 is 9.63 Å². The minimum absolute atomic E-state index is 0.344. The van der Waals surface area contributed by atoms with E-state index in [1.165, 1.54) is 17.9 Å². The standard InChI is InChI=1S/C10H15ClN4O2/c1-10(2,3)8(14-17-9(16)12-4)15-6-7(11)5-13-15/h5-6H,1-4H3,(H,12,16). The van der Waals surface area contributed by atoms with Crippen LogP contribution in [0.4, 0.5) is 4.79 Å². The van der Waals surface area contributed by atoms with Crippen molar-refractivity contribution in [3.63, 3.8) is 0 Å². The molecule has 0 spiro atoms. The van der Waals surface area contributed by atoms with Gasteiger partial charge in [-0.05, 0) is 0 Å². The quantitative estimate of drug-likeness (QED) is 0.363. The molecule has 1 aromatic heterocycles. The van der Waals surface area contributed by atoms with Gasteiger partial charge in [0.2, 0.25) is 0 Å². The number of carbonyl (C=O) groups excluding carboxylic acids is 1. The first-order valence-corrected chi connectivity index (χ1v) is 5.40. The van der Waals surface area contributed by atoms with Crippen LogP contribution in [0.15, 0.2) is 17.5 Å². The summed E-state index contributed by atoms with van der Waals surface area (Å²) in [7, 11) is 1.46. The molecule has 6 nitrogen and oxygen atoms in total. The van der Waals surface area contributed by atoms with Crippen molar-refractivity contribution in [1.82, 2.24) is 15.1 Å². The van der Waals surface area contributed by atoms with Crippen LogP contribution in [0, 0.1) is 5.41 Å². The number of carbonyl (C=O) groups is 1. The Balaban J connectivity index is 3.01. The van der Waals surface area contributed by atoms with Gasteiger partial charge in [0.1, 0.15) is 0 Å². The van der Waals surface area contributed by atoms with Gasteiger partial charge in [-0.25, -0.2) is 9.48 Å². The molecule has 0 atom stereocenters. The van der Waals surface area contributed by atoms with Crippen LogP contribution in [0.1, 0.15) is 20.8 Å². The largest absolute Gasteiger partial charge is 0.433 e. The lowest BCUT2D eigenvalue weighted by Gasteiger charge is -2.19. The lowest BCUT2D eigenvalue weighted by molar-refractivity contribution is 0.151. The van der Waals surface area contributed by atoms with Crippen LogP contribution >= 0.6 is 11.6 Å². The molecule has 0 saturated heterocycles. The summed E-state index contributed by atoms with van der Waals surface area (Å²) in [5.74, 6) is 0.480. The summed E-state index contributed by atoms with van der Waals surface area (Å²) in [4.78, 5) is 15.7. The number of hydrogen-bond acceptors (Lipinski definition) is 4. The van der Waals surface area contributed by atoms with Crippen molar-refractivity contribution in [2.45, 2.75) is 20.8 Å². The maximum absolute atomic E-state index is 11.0. The highest BCUT2D eigenvalue weighted by atomic mass is 35.5. The van der Waals surface area contributed by atoms with Gasteiger partial charge in [-0.1, -0.05) is 37.5 Å². The van der Waals surface area contributed by atoms with E-state index in [-0.39, 0.29) is 5.41 Å². The summed E-state index contributed by atoms with van der Waals surface area (Å²) in [6, 6.07) is 0. The van der Waals surface area contributed by atoms with E-state index in [0.717, 1.165) is 0 Å². The Kier molecular flexibility index (Phi) is 4.11. The maximum Gasteiger partial charge on any atom is 0.433 e. The fraction of sp³-hybridized carbons (Fsp3) is 0.500. The number of nitrogens with zero attached hydrogens (tertiary/aromatic N) is 3. The van der Waals surface area contributed by atoms with Gasteiger partial charge in [-0.3, -0.25) is 4.84 Å². The minimum atomic E-state index is -0.634. The monoisotopic (exact) mass is 258 g/mol. The van der Waals surface area contributed by atoms with Crippen LogP contribution in [0.5, 0.6) is 0 Å². The maximum atomic E-state index is 11.0. The first kappa shape index (κ1) is 13.5. The van der Waals surface area contributed by atoms with Gasteiger partial charge >= 0.3 is 6.09 Å². The highest BCUT2D eigenvalue weighted by molar-refractivity contribution is 6.30. The molecule has 0 saturated carbocycles. The molecular formula is C10H15ClN4O2. The normalized spacial score (nSPS) is 12.4. The number of oxime groups is 1. The molecule has 1 rings (SSSR count). The molecule has 0 aliphatic heterocycles. The lowest BCUT2D eigenvalue weighted by atomic mass is 9.95. The Morgan fingerprint density at radius 1 is 1.59 bits per heavy atom. The SMILES string of the molecule is CNC(=O)ON=C(n1cc(Cl)cn1)C(C)(C)C. The van der Waals surface area contributed by atoms with E-state index in [0.29, 0.717) is 10.9 Å². The molecule has 0 radical (unpaired) electrons. The number of rotatable bonds is 1. The topological polar surface area (TPSA) is 68.5 Å². The van der Waals surface area contributed by atoms with E-state index in [1.807, 2.05) is 20.8 Å². The van der Waals surface area contributed by atoms with E-state index in [9.17, 15) is 4.79 Å². The van der Waals surface area contributed by atoms with E-state index in [2.05, 4.69) is 20.4 Å². The van der Waals surface area contributed by atoms with Crippen LogP contribution in [0.3, 0.4) is 0 Å². The molecule has 0 aliphatic carbocycles. The van der Waals surface area contributed by atoms with Gasteiger partial charge in [0.05, 0.1) is 17.4 Å². The first-order valence-electron chi connectivity index (χ1n) is 5.02. The number of halogens is 1. The zero-order valence-electron chi connectivity index (χ0n) is 10.2. The third kappa shape index (κ3) is 3.74. The molecule has 0 fully saturated rings. The predicted octanol–water partition coefficient (Wildman–Crippen LogP) is 2.10. The van der Waals surface area contributed by atoms with Gasteiger partial charge in [0.25, 0.3) is 0 Å². The second-order valence-corrected chi connectivity index (χ2v) is 4.83. The molecule has 17 heavy (non-hydrogen) atoms. The lowest BCUT2D eigenvalue weighted by Crippen LogP contribution is -2.29. The van der Waals surface area contributed by atoms with Gasteiger partial charge < -0.3 is 5.32 Å². The zero-order valence-corrected chi connectivity index (χ0v) is 10.9. The average Bonchev–Trinajstić information content (AvgIpc) is 2.62. The van der Waals surface area contributed by atoms with Gasteiger partial charge in [-0.15, -0.1) is 0 Å². The van der Waals surface area contributed by atoms with E-state index in [1.54, 1.807) is 6.20 Å². The number of nitrogens with one attached hydrogen (secondary N) is 1. The van der Waals surface area contributed by atoms with Gasteiger partial charge in [0.15, 0.2) is 5.84 Å². The second-order valence-electron chi connectivity index (χ2n) is 4.40. The highest BCUT2D eigenvalue weighted by Crippen LogP contribution is 2.19. The highest BCUT2D eigenvalue weighted by Gasteiger charge is 2.23. The summed E-state index contributed by atoms with van der Waals surface area (Å²) >= 11 is 5.79. The van der Waals surface area contributed by atoms with Crippen molar-refractivity contribution in [1.29, 1.82) is 0 Å². The Bertz CT molecular complexity index is 434. The van der Waals surface area contributed by atoms with Crippen LogP contribution in [0.25, 0.3) is 0 Å². The van der Waals surface area contributed by atoms with Crippen molar-refractivity contribution in [2.75, 3.05) is 7.05 Å². The van der Waals surface area contributed by atoms with Crippen LogP contribution in [-0.4, -0.2) is 28.8 Å². The second kappa shape index (κ2) is 5.18. The Morgan fingerprint density at radius 3 is 2.65 bits per heavy atom. The molecule has 1 aromatic rings. The number of aromatic nitrogens is 2. The third-order valence-electron chi connectivity index (χ3n) is 1.86. The van der Waals surface area contributed by atoms with E-state index in [4.69, 9.17) is 11.6 Å². The van der Waals surface area contributed by atoms with Crippen molar-refractivity contribution >= 4 is 23.5 Å². The smallest absolute Gasteiger partial charge is 0.323 e. The van der Waals surface area contributed by atoms with Crippen molar-refractivity contribution in [2.24, 2.45) is 10.6 Å². The molecule has 1 amide bonds. The fourth-order valence-electron chi connectivity index (χ4n) is 1.07. The van der Waals surface area contributed by atoms with Gasteiger partial charge in [0, 0.05) is 12.5 Å². The first-order chi connectivity index (χ1) is 7.84. The summed E-state index contributed by atoms with van der Waals surface area (Å²) < 4.78 is 1.48. The zero-order chi connectivity index (χ0) is 13.1. The predicted molar refractivity (Wildman–Crippen MR) is 65.1 cm³/mol.